The van der Waals surface area contributed by atoms with E-state index in [-0.39, 0.29) is 18.1 Å². The summed E-state index contributed by atoms with van der Waals surface area (Å²) in [5, 5.41) is 3.26. The lowest BCUT2D eigenvalue weighted by Gasteiger charge is -2.05. The van der Waals surface area contributed by atoms with Gasteiger partial charge in [-0.1, -0.05) is 41.4 Å². The second-order valence-corrected chi connectivity index (χ2v) is 4.96. The van der Waals surface area contributed by atoms with Gasteiger partial charge < -0.3 is 5.32 Å². The van der Waals surface area contributed by atoms with Crippen LogP contribution in [-0.2, 0) is 4.79 Å². The number of carbonyl (C=O) groups is 2. The number of nitrogens with one attached hydrogen (secondary N) is 1. The molecule has 0 spiro atoms. The van der Waals surface area contributed by atoms with E-state index in [1.165, 1.54) is 0 Å². The largest absolute Gasteiger partial charge is 0.326 e. The zero-order valence-corrected chi connectivity index (χ0v) is 11.8. The number of ketones is 1. The molecule has 0 aliphatic carbocycles. The van der Waals surface area contributed by atoms with Crippen molar-refractivity contribution < 1.29 is 9.59 Å². The molecule has 1 N–H and O–H groups in total. The van der Waals surface area contributed by atoms with Crippen LogP contribution in [0.2, 0.25) is 5.02 Å². The summed E-state index contributed by atoms with van der Waals surface area (Å²) in [6, 6.07) is 13.9. The molecule has 3 nitrogen and oxygen atoms in total. The first kappa shape index (κ1) is 14.3. The molecular formula is C16H14ClNO2. The van der Waals surface area contributed by atoms with E-state index in [2.05, 4.69) is 5.32 Å². The molecule has 102 valence electrons. The summed E-state index contributed by atoms with van der Waals surface area (Å²) < 4.78 is 0. The van der Waals surface area contributed by atoms with Gasteiger partial charge in [0.15, 0.2) is 5.78 Å². The molecule has 2 rings (SSSR count). The summed E-state index contributed by atoms with van der Waals surface area (Å²) in [4.78, 5) is 23.7. The third kappa shape index (κ3) is 3.93. The summed E-state index contributed by atoms with van der Waals surface area (Å²) >= 11 is 5.76. The van der Waals surface area contributed by atoms with Gasteiger partial charge in [0.25, 0.3) is 0 Å². The van der Waals surface area contributed by atoms with Crippen LogP contribution in [0.3, 0.4) is 0 Å². The van der Waals surface area contributed by atoms with E-state index in [9.17, 15) is 9.59 Å². The predicted molar refractivity (Wildman–Crippen MR) is 80.2 cm³/mol. The molecule has 0 fully saturated rings. The lowest BCUT2D eigenvalue weighted by Crippen LogP contribution is -2.16. The summed E-state index contributed by atoms with van der Waals surface area (Å²) in [6.45, 7) is 1.95. The molecule has 1 amide bonds. The maximum absolute atomic E-state index is 11.9. The summed E-state index contributed by atoms with van der Waals surface area (Å²) in [6.07, 6.45) is -0.175. The van der Waals surface area contributed by atoms with Gasteiger partial charge in [-0.2, -0.15) is 0 Å². The van der Waals surface area contributed by atoms with E-state index in [1.54, 1.807) is 36.4 Å². The summed E-state index contributed by atoms with van der Waals surface area (Å²) in [5.41, 5.74) is 2.24. The highest BCUT2D eigenvalue weighted by atomic mass is 35.5. The predicted octanol–water partition coefficient (Wildman–Crippen LogP) is 3.86. The van der Waals surface area contributed by atoms with Gasteiger partial charge in [0, 0.05) is 16.3 Å². The van der Waals surface area contributed by atoms with Crippen LogP contribution in [-0.4, -0.2) is 11.7 Å². The Hall–Kier alpha value is -2.13. The number of hydrogen-bond acceptors (Lipinski definition) is 2. The molecule has 0 aromatic heterocycles. The van der Waals surface area contributed by atoms with Gasteiger partial charge >= 0.3 is 0 Å². The second kappa shape index (κ2) is 6.35. The van der Waals surface area contributed by atoms with Crippen molar-refractivity contribution in [3.8, 4) is 0 Å². The fourth-order valence-electron chi connectivity index (χ4n) is 1.73. The van der Waals surface area contributed by atoms with Crippen molar-refractivity contribution in [1.82, 2.24) is 0 Å². The van der Waals surface area contributed by atoms with Gasteiger partial charge in [-0.15, -0.1) is 0 Å². The van der Waals surface area contributed by atoms with E-state index in [1.807, 2.05) is 19.1 Å². The molecule has 20 heavy (non-hydrogen) atoms. The topological polar surface area (TPSA) is 46.2 Å². The fourth-order valence-corrected chi connectivity index (χ4v) is 1.85. The van der Waals surface area contributed by atoms with Gasteiger partial charge in [-0.05, 0) is 31.2 Å². The number of rotatable bonds is 4. The molecule has 0 aliphatic rings. The average Bonchev–Trinajstić information content (AvgIpc) is 2.42. The van der Waals surface area contributed by atoms with E-state index < -0.39 is 0 Å². The Balaban J connectivity index is 1.95. The Labute approximate surface area is 122 Å². The van der Waals surface area contributed by atoms with Crippen LogP contribution in [0.4, 0.5) is 5.69 Å². The first-order valence-corrected chi connectivity index (χ1v) is 6.58. The van der Waals surface area contributed by atoms with Gasteiger partial charge in [0.1, 0.15) is 0 Å². The van der Waals surface area contributed by atoms with E-state index in [4.69, 9.17) is 11.6 Å². The third-order valence-electron chi connectivity index (χ3n) is 2.82. The van der Waals surface area contributed by atoms with Crippen LogP contribution in [0, 0.1) is 6.92 Å². The fraction of sp³-hybridized carbons (Fsp3) is 0.125. The lowest BCUT2D eigenvalue weighted by atomic mass is 10.1. The van der Waals surface area contributed by atoms with Crippen LogP contribution < -0.4 is 5.32 Å². The minimum Gasteiger partial charge on any atom is -0.326 e. The van der Waals surface area contributed by atoms with Crippen LogP contribution in [0.5, 0.6) is 0 Å². The molecule has 0 atom stereocenters. The van der Waals surface area contributed by atoms with Crippen molar-refractivity contribution in [1.29, 1.82) is 0 Å². The van der Waals surface area contributed by atoms with E-state index in [0.717, 1.165) is 5.56 Å². The van der Waals surface area contributed by atoms with Crippen molar-refractivity contribution in [2.45, 2.75) is 13.3 Å². The van der Waals surface area contributed by atoms with Crippen LogP contribution in [0.15, 0.2) is 48.5 Å². The van der Waals surface area contributed by atoms with E-state index in [0.29, 0.717) is 16.3 Å². The third-order valence-corrected chi connectivity index (χ3v) is 3.07. The number of hydrogen-bond donors (Lipinski definition) is 1. The van der Waals surface area contributed by atoms with Crippen molar-refractivity contribution in [3.05, 3.63) is 64.7 Å². The molecule has 0 unspecified atom stereocenters. The summed E-state index contributed by atoms with van der Waals surface area (Å²) in [5.74, 6) is -0.533. The molecule has 0 saturated carbocycles. The first-order chi connectivity index (χ1) is 9.54. The Bertz CT molecular complexity index is 618. The van der Waals surface area contributed by atoms with Crippen molar-refractivity contribution in [3.63, 3.8) is 0 Å². The van der Waals surface area contributed by atoms with Crippen LogP contribution >= 0.6 is 11.6 Å². The molecular weight excluding hydrogens is 274 g/mol. The van der Waals surface area contributed by atoms with Crippen molar-refractivity contribution >= 4 is 29.0 Å². The van der Waals surface area contributed by atoms with Crippen LogP contribution in [0.25, 0.3) is 0 Å². The van der Waals surface area contributed by atoms with Crippen LogP contribution in [0.1, 0.15) is 22.3 Å². The molecule has 0 saturated heterocycles. The van der Waals surface area contributed by atoms with Gasteiger partial charge in [-0.25, -0.2) is 0 Å². The number of carbonyl (C=O) groups excluding carboxylic acids is 2. The van der Waals surface area contributed by atoms with Crippen molar-refractivity contribution in [2.24, 2.45) is 0 Å². The van der Waals surface area contributed by atoms with Gasteiger partial charge in [0.05, 0.1) is 6.42 Å². The van der Waals surface area contributed by atoms with Crippen molar-refractivity contribution in [2.75, 3.05) is 5.32 Å². The minimum atomic E-state index is -0.335. The Morgan fingerprint density at radius 3 is 2.20 bits per heavy atom. The zero-order chi connectivity index (χ0) is 14.5. The number of anilines is 1. The molecule has 4 heteroatoms. The maximum atomic E-state index is 11.9. The maximum Gasteiger partial charge on any atom is 0.232 e. The molecule has 2 aromatic rings. The Morgan fingerprint density at radius 1 is 1.00 bits per heavy atom. The molecule has 0 aliphatic heterocycles. The number of amides is 1. The average molecular weight is 288 g/mol. The lowest BCUT2D eigenvalue weighted by molar-refractivity contribution is -0.115. The quantitative estimate of drug-likeness (QED) is 0.685. The number of Topliss-reactive ketones (excluding diaryl/α,β-unsaturated/α-hetero) is 1. The smallest absolute Gasteiger partial charge is 0.232 e. The Kier molecular flexibility index (Phi) is 4.53. The molecule has 0 radical (unpaired) electrons. The SMILES string of the molecule is Cc1ccc(C(=O)CC(=O)Nc2ccc(Cl)cc2)cc1. The highest BCUT2D eigenvalue weighted by Gasteiger charge is 2.11. The molecule has 0 heterocycles. The highest BCUT2D eigenvalue weighted by molar-refractivity contribution is 6.30. The number of halogens is 1. The van der Waals surface area contributed by atoms with Gasteiger partial charge in [0.2, 0.25) is 5.91 Å². The van der Waals surface area contributed by atoms with E-state index >= 15 is 0 Å². The monoisotopic (exact) mass is 287 g/mol. The Morgan fingerprint density at radius 2 is 1.60 bits per heavy atom. The highest BCUT2D eigenvalue weighted by Crippen LogP contribution is 2.14. The standard InChI is InChI=1S/C16H14ClNO2/c1-11-2-4-12(5-3-11)15(19)10-16(20)18-14-8-6-13(17)7-9-14/h2-9H,10H2,1H3,(H,18,20). The van der Waals surface area contributed by atoms with Gasteiger partial charge in [-0.3, -0.25) is 9.59 Å². The molecule has 0 bridgehead atoms. The summed E-state index contributed by atoms with van der Waals surface area (Å²) in [7, 11) is 0. The number of benzene rings is 2. The zero-order valence-electron chi connectivity index (χ0n) is 11.0. The number of aryl methyl sites for hydroxylation is 1. The first-order valence-electron chi connectivity index (χ1n) is 6.20. The second-order valence-electron chi connectivity index (χ2n) is 4.52. The normalized spacial score (nSPS) is 10.1. The molecule has 2 aromatic carbocycles. The minimum absolute atomic E-state index is 0.175.